The Hall–Kier alpha value is -1.26. The van der Waals surface area contributed by atoms with E-state index in [1.807, 2.05) is 0 Å². The van der Waals surface area contributed by atoms with E-state index in [0.29, 0.717) is 31.5 Å². The molecule has 23 heavy (non-hydrogen) atoms. The first-order chi connectivity index (χ1) is 11.1. The SMILES string of the molecule is CC1CCC(NC(=O)CCCNC(=O)NC2CCCCC2)CC1. The molecule has 0 unspecified atom stereocenters. The highest BCUT2D eigenvalue weighted by atomic mass is 16.2. The van der Waals surface area contributed by atoms with Gasteiger partial charge in [-0.05, 0) is 50.9 Å². The number of carbonyl (C=O) groups is 2. The third kappa shape index (κ3) is 7.23. The summed E-state index contributed by atoms with van der Waals surface area (Å²) >= 11 is 0. The van der Waals surface area contributed by atoms with Gasteiger partial charge < -0.3 is 16.0 Å². The van der Waals surface area contributed by atoms with Crippen LogP contribution in [0, 0.1) is 5.92 Å². The minimum absolute atomic E-state index is 0.0847. The molecule has 5 heteroatoms. The maximum absolute atomic E-state index is 11.9. The standard InChI is InChI=1S/C18H33N3O2/c1-14-9-11-16(12-10-14)20-17(22)8-5-13-19-18(23)21-15-6-3-2-4-7-15/h14-16H,2-13H2,1H3,(H,20,22)(H2,19,21,23). The van der Waals surface area contributed by atoms with Gasteiger partial charge in [0.1, 0.15) is 0 Å². The Morgan fingerprint density at radius 3 is 2.22 bits per heavy atom. The molecule has 0 atom stereocenters. The van der Waals surface area contributed by atoms with E-state index >= 15 is 0 Å². The molecule has 0 saturated heterocycles. The molecule has 132 valence electrons. The van der Waals surface area contributed by atoms with Crippen molar-refractivity contribution in [1.29, 1.82) is 0 Å². The van der Waals surface area contributed by atoms with Crippen LogP contribution in [0.4, 0.5) is 4.79 Å². The van der Waals surface area contributed by atoms with E-state index in [-0.39, 0.29) is 11.9 Å². The van der Waals surface area contributed by atoms with Gasteiger partial charge in [-0.15, -0.1) is 0 Å². The zero-order chi connectivity index (χ0) is 16.5. The lowest BCUT2D eigenvalue weighted by molar-refractivity contribution is -0.122. The molecule has 0 radical (unpaired) electrons. The topological polar surface area (TPSA) is 70.2 Å². The van der Waals surface area contributed by atoms with Crippen LogP contribution >= 0.6 is 0 Å². The maximum atomic E-state index is 11.9. The van der Waals surface area contributed by atoms with Crippen molar-refractivity contribution >= 4 is 11.9 Å². The molecule has 2 aliphatic carbocycles. The van der Waals surface area contributed by atoms with Gasteiger partial charge in [0.15, 0.2) is 0 Å². The van der Waals surface area contributed by atoms with E-state index < -0.39 is 0 Å². The predicted octanol–water partition coefficient (Wildman–Crippen LogP) is 3.09. The Kier molecular flexibility index (Phi) is 7.69. The summed E-state index contributed by atoms with van der Waals surface area (Å²) in [4.78, 5) is 23.7. The average Bonchev–Trinajstić information content (AvgIpc) is 2.55. The third-order valence-electron chi connectivity index (χ3n) is 5.19. The Bertz CT molecular complexity index is 372. The van der Waals surface area contributed by atoms with Crippen LogP contribution in [0.2, 0.25) is 0 Å². The van der Waals surface area contributed by atoms with E-state index in [4.69, 9.17) is 0 Å². The summed E-state index contributed by atoms with van der Waals surface area (Å²) in [6.45, 7) is 2.84. The fourth-order valence-corrected chi connectivity index (χ4v) is 3.64. The molecule has 2 saturated carbocycles. The van der Waals surface area contributed by atoms with Gasteiger partial charge in [-0.25, -0.2) is 4.79 Å². The highest BCUT2D eigenvalue weighted by Gasteiger charge is 2.19. The van der Waals surface area contributed by atoms with Gasteiger partial charge >= 0.3 is 6.03 Å². The molecule has 0 aromatic carbocycles. The monoisotopic (exact) mass is 323 g/mol. The zero-order valence-corrected chi connectivity index (χ0v) is 14.5. The smallest absolute Gasteiger partial charge is 0.315 e. The van der Waals surface area contributed by atoms with Gasteiger partial charge in [-0.1, -0.05) is 26.2 Å². The van der Waals surface area contributed by atoms with E-state index in [9.17, 15) is 9.59 Å². The lowest BCUT2D eigenvalue weighted by atomic mass is 9.87. The van der Waals surface area contributed by atoms with Crippen LogP contribution in [0.25, 0.3) is 0 Å². The van der Waals surface area contributed by atoms with Gasteiger partial charge in [0, 0.05) is 25.0 Å². The number of urea groups is 1. The van der Waals surface area contributed by atoms with Crippen LogP contribution in [0.1, 0.15) is 77.6 Å². The number of hydrogen-bond acceptors (Lipinski definition) is 2. The Morgan fingerprint density at radius 1 is 0.870 bits per heavy atom. The van der Waals surface area contributed by atoms with Crippen molar-refractivity contribution in [3.05, 3.63) is 0 Å². The Balaban J connectivity index is 1.49. The lowest BCUT2D eigenvalue weighted by Crippen LogP contribution is -2.43. The molecule has 2 fully saturated rings. The van der Waals surface area contributed by atoms with Crippen molar-refractivity contribution in [2.45, 2.75) is 89.6 Å². The lowest BCUT2D eigenvalue weighted by Gasteiger charge is -2.26. The second-order valence-electron chi connectivity index (χ2n) is 7.36. The van der Waals surface area contributed by atoms with Gasteiger partial charge in [0.25, 0.3) is 0 Å². The summed E-state index contributed by atoms with van der Waals surface area (Å²) < 4.78 is 0. The van der Waals surface area contributed by atoms with E-state index in [0.717, 1.165) is 31.6 Å². The molecule has 0 bridgehead atoms. The summed E-state index contributed by atoms with van der Waals surface area (Å²) in [5.74, 6) is 0.925. The first kappa shape index (κ1) is 18.1. The quantitative estimate of drug-likeness (QED) is 0.657. The summed E-state index contributed by atoms with van der Waals surface area (Å²) in [6, 6.07) is 0.612. The van der Waals surface area contributed by atoms with Crippen LogP contribution < -0.4 is 16.0 Å². The second-order valence-corrected chi connectivity index (χ2v) is 7.36. The molecule has 0 aromatic heterocycles. The fraction of sp³-hybridized carbons (Fsp3) is 0.889. The highest BCUT2D eigenvalue weighted by molar-refractivity contribution is 5.76. The first-order valence-electron chi connectivity index (χ1n) is 9.47. The second kappa shape index (κ2) is 9.78. The summed E-state index contributed by atoms with van der Waals surface area (Å²) in [5, 5.41) is 9.02. The third-order valence-corrected chi connectivity index (χ3v) is 5.19. The molecule has 0 spiro atoms. The number of carbonyl (C=O) groups excluding carboxylic acids is 2. The Morgan fingerprint density at radius 2 is 1.52 bits per heavy atom. The number of nitrogens with one attached hydrogen (secondary N) is 3. The van der Waals surface area contributed by atoms with Crippen molar-refractivity contribution in [2.75, 3.05) is 6.54 Å². The number of hydrogen-bond donors (Lipinski definition) is 3. The Labute approximate surface area is 140 Å². The van der Waals surface area contributed by atoms with Crippen molar-refractivity contribution in [1.82, 2.24) is 16.0 Å². The zero-order valence-electron chi connectivity index (χ0n) is 14.5. The summed E-state index contributed by atoms with van der Waals surface area (Å²) in [7, 11) is 0. The van der Waals surface area contributed by atoms with Crippen LogP contribution in [-0.2, 0) is 4.79 Å². The van der Waals surface area contributed by atoms with Crippen LogP contribution in [-0.4, -0.2) is 30.6 Å². The molecule has 0 aromatic rings. The van der Waals surface area contributed by atoms with E-state index in [1.54, 1.807) is 0 Å². The molecule has 2 rings (SSSR count). The molecule has 0 heterocycles. The van der Waals surface area contributed by atoms with E-state index in [1.165, 1.54) is 32.1 Å². The van der Waals surface area contributed by atoms with Crippen molar-refractivity contribution in [2.24, 2.45) is 5.92 Å². The summed E-state index contributed by atoms with van der Waals surface area (Å²) in [6.07, 6.45) is 11.7. The molecule has 5 nitrogen and oxygen atoms in total. The van der Waals surface area contributed by atoms with Crippen molar-refractivity contribution in [3.8, 4) is 0 Å². The van der Waals surface area contributed by atoms with E-state index in [2.05, 4.69) is 22.9 Å². The van der Waals surface area contributed by atoms with Crippen LogP contribution in [0.3, 0.4) is 0 Å². The van der Waals surface area contributed by atoms with Crippen LogP contribution in [0.15, 0.2) is 0 Å². The number of amides is 3. The molecular weight excluding hydrogens is 290 g/mol. The molecular formula is C18H33N3O2. The van der Waals surface area contributed by atoms with Gasteiger partial charge in [0.2, 0.25) is 5.91 Å². The normalized spacial score (nSPS) is 25.6. The number of rotatable bonds is 6. The molecule has 2 aliphatic rings. The minimum Gasteiger partial charge on any atom is -0.353 e. The highest BCUT2D eigenvalue weighted by Crippen LogP contribution is 2.23. The molecule has 3 N–H and O–H groups in total. The van der Waals surface area contributed by atoms with Crippen LogP contribution in [0.5, 0.6) is 0 Å². The van der Waals surface area contributed by atoms with Crippen molar-refractivity contribution < 1.29 is 9.59 Å². The summed E-state index contributed by atoms with van der Waals surface area (Å²) in [5.41, 5.74) is 0. The average molecular weight is 323 g/mol. The largest absolute Gasteiger partial charge is 0.353 e. The van der Waals surface area contributed by atoms with Gasteiger partial charge in [-0.2, -0.15) is 0 Å². The minimum atomic E-state index is -0.0847. The van der Waals surface area contributed by atoms with Gasteiger partial charge in [-0.3, -0.25) is 4.79 Å². The van der Waals surface area contributed by atoms with Gasteiger partial charge in [0.05, 0.1) is 0 Å². The maximum Gasteiger partial charge on any atom is 0.315 e. The van der Waals surface area contributed by atoms with Crippen molar-refractivity contribution in [3.63, 3.8) is 0 Å². The predicted molar refractivity (Wildman–Crippen MR) is 92.2 cm³/mol. The fourth-order valence-electron chi connectivity index (χ4n) is 3.64. The first-order valence-corrected chi connectivity index (χ1v) is 9.47. The molecule has 0 aliphatic heterocycles. The molecule has 3 amide bonds.